The zero-order valence-electron chi connectivity index (χ0n) is 54.3. The maximum absolute atomic E-state index is 13.3. The molecular weight excluding hydrogens is 1090 g/mol. The van der Waals surface area contributed by atoms with Crippen LogP contribution in [0.4, 0.5) is 0 Å². The predicted octanol–water partition coefficient (Wildman–Crippen LogP) is 14.2. The molecule has 0 aromatic rings. The Labute approximate surface area is 523 Å². The molecule has 0 bridgehead atoms. The Morgan fingerprint density at radius 1 is 0.419 bits per heavy atom. The standard InChI is InChI=1S/C72H129NO13/c1-3-5-7-9-11-13-15-17-18-19-20-21-22-23-24-25-26-27-28-29-30-31-32-33-34-35-36-37-38-39-40-41-42-44-46-48-50-52-54-56-64(77)73-60(61(76)55-53-51-49-47-45-43-16-14-12-10-8-6-4-2)59-83-71-69(82)67(80)70(63(58-75)85-71)86-72-68(81)66(79)65(78)62(57-74)84-72/h12,14-15,17,19-20,22-23,45,47,53,55,60-63,65-72,74-76,78-82H,3-11,13,16,18,21,24-44,46,48-52,54,56-59H2,1-2H3,(H,73,77)/b14-12+,17-15-,20-19-,23-22-,47-45+,55-53+. The van der Waals surface area contributed by atoms with Gasteiger partial charge in [0.05, 0.1) is 32.0 Å². The van der Waals surface area contributed by atoms with E-state index >= 15 is 0 Å². The number of unbranched alkanes of at least 4 members (excludes halogenated alkanes) is 34. The zero-order chi connectivity index (χ0) is 62.3. The molecule has 14 heteroatoms. The average molecular weight is 1220 g/mol. The Bertz CT molecular complexity index is 1720. The number of allylic oxidation sites excluding steroid dienone is 11. The van der Waals surface area contributed by atoms with Crippen LogP contribution in [0.3, 0.4) is 0 Å². The summed E-state index contributed by atoms with van der Waals surface area (Å²) >= 11 is 0. The van der Waals surface area contributed by atoms with Crippen LogP contribution in [-0.2, 0) is 23.7 Å². The van der Waals surface area contributed by atoms with Crippen LogP contribution >= 0.6 is 0 Å². The highest BCUT2D eigenvalue weighted by Crippen LogP contribution is 2.30. The normalized spacial score (nSPS) is 23.8. The van der Waals surface area contributed by atoms with Crippen molar-refractivity contribution >= 4 is 5.91 Å². The molecule has 9 N–H and O–H groups in total. The minimum atomic E-state index is -1.79. The third-order valence-electron chi connectivity index (χ3n) is 16.8. The number of rotatable bonds is 57. The highest BCUT2D eigenvalue weighted by molar-refractivity contribution is 5.76. The van der Waals surface area contributed by atoms with Crippen molar-refractivity contribution in [3.05, 3.63) is 72.9 Å². The molecule has 0 saturated carbocycles. The topological polar surface area (TPSA) is 228 Å². The second-order valence-corrected chi connectivity index (χ2v) is 24.6. The fourth-order valence-electron chi connectivity index (χ4n) is 11.2. The Morgan fingerprint density at radius 3 is 1.24 bits per heavy atom. The molecular formula is C72H129NO13. The number of carbonyl (C=O) groups excluding carboxylic acids is 1. The number of aliphatic hydroxyl groups is 8. The molecule has 2 rings (SSSR count). The number of ether oxygens (including phenoxy) is 4. The van der Waals surface area contributed by atoms with E-state index in [1.165, 1.54) is 193 Å². The number of carbonyl (C=O) groups is 1. The molecule has 2 aliphatic heterocycles. The Morgan fingerprint density at radius 2 is 0.779 bits per heavy atom. The molecule has 86 heavy (non-hydrogen) atoms. The van der Waals surface area contributed by atoms with E-state index in [1.807, 2.05) is 6.08 Å². The van der Waals surface area contributed by atoms with Gasteiger partial charge in [0.1, 0.15) is 48.8 Å². The van der Waals surface area contributed by atoms with E-state index in [2.05, 4.69) is 79.9 Å². The first-order chi connectivity index (χ1) is 42.1. The third-order valence-corrected chi connectivity index (χ3v) is 16.8. The summed E-state index contributed by atoms with van der Waals surface area (Å²) in [5, 5.41) is 87.1. The highest BCUT2D eigenvalue weighted by Gasteiger charge is 2.51. The van der Waals surface area contributed by atoms with Gasteiger partial charge in [0.25, 0.3) is 0 Å². The summed E-state index contributed by atoms with van der Waals surface area (Å²) in [7, 11) is 0. The molecule has 0 aromatic carbocycles. The summed E-state index contributed by atoms with van der Waals surface area (Å²) in [5.41, 5.74) is 0. The van der Waals surface area contributed by atoms with E-state index in [0.717, 1.165) is 57.8 Å². The molecule has 2 fully saturated rings. The van der Waals surface area contributed by atoms with Crippen LogP contribution in [0.1, 0.15) is 284 Å². The Balaban J connectivity index is 1.56. The van der Waals surface area contributed by atoms with Crippen molar-refractivity contribution in [3.63, 3.8) is 0 Å². The fourth-order valence-corrected chi connectivity index (χ4v) is 11.2. The summed E-state index contributed by atoms with van der Waals surface area (Å²) in [6.45, 7) is 2.73. The smallest absolute Gasteiger partial charge is 0.220 e. The van der Waals surface area contributed by atoms with Crippen LogP contribution in [0, 0.1) is 0 Å². The van der Waals surface area contributed by atoms with E-state index in [-0.39, 0.29) is 18.9 Å². The van der Waals surface area contributed by atoms with Gasteiger partial charge in [-0.15, -0.1) is 0 Å². The number of amides is 1. The maximum Gasteiger partial charge on any atom is 0.220 e. The molecule has 14 nitrogen and oxygen atoms in total. The van der Waals surface area contributed by atoms with Crippen molar-refractivity contribution in [3.8, 4) is 0 Å². The van der Waals surface area contributed by atoms with Crippen molar-refractivity contribution in [1.82, 2.24) is 5.32 Å². The van der Waals surface area contributed by atoms with E-state index in [9.17, 15) is 45.6 Å². The second kappa shape index (κ2) is 56.4. The minimum absolute atomic E-state index is 0.252. The molecule has 2 heterocycles. The molecule has 1 amide bonds. The van der Waals surface area contributed by atoms with Crippen LogP contribution < -0.4 is 5.32 Å². The molecule has 2 saturated heterocycles. The van der Waals surface area contributed by atoms with Gasteiger partial charge >= 0.3 is 0 Å². The van der Waals surface area contributed by atoms with Crippen LogP contribution in [0.2, 0.25) is 0 Å². The lowest BCUT2D eigenvalue weighted by atomic mass is 9.97. The lowest BCUT2D eigenvalue weighted by Gasteiger charge is -2.46. The van der Waals surface area contributed by atoms with Crippen molar-refractivity contribution in [2.45, 2.75) is 357 Å². The predicted molar refractivity (Wildman–Crippen MR) is 350 cm³/mol. The average Bonchev–Trinajstić information content (AvgIpc) is 2.92. The first kappa shape index (κ1) is 79.5. The van der Waals surface area contributed by atoms with Gasteiger partial charge in [-0.1, -0.05) is 267 Å². The van der Waals surface area contributed by atoms with E-state index < -0.39 is 86.8 Å². The number of hydrogen-bond donors (Lipinski definition) is 9. The molecule has 0 radical (unpaired) electrons. The highest BCUT2D eigenvalue weighted by atomic mass is 16.7. The Kier molecular flexibility index (Phi) is 52.2. The molecule has 12 unspecified atom stereocenters. The summed E-state index contributed by atoms with van der Waals surface area (Å²) in [6.07, 6.45) is 60.0. The zero-order valence-corrected chi connectivity index (χ0v) is 54.3. The van der Waals surface area contributed by atoms with Crippen LogP contribution in [0.25, 0.3) is 0 Å². The maximum atomic E-state index is 13.3. The van der Waals surface area contributed by atoms with Gasteiger partial charge in [-0.05, 0) is 83.5 Å². The Hall–Kier alpha value is -2.57. The first-order valence-corrected chi connectivity index (χ1v) is 35.2. The van der Waals surface area contributed by atoms with Gasteiger partial charge in [0.15, 0.2) is 12.6 Å². The van der Waals surface area contributed by atoms with Crippen LogP contribution in [0.15, 0.2) is 72.9 Å². The minimum Gasteiger partial charge on any atom is -0.394 e. The molecule has 0 spiro atoms. The van der Waals surface area contributed by atoms with Gasteiger partial charge in [0, 0.05) is 6.42 Å². The first-order valence-electron chi connectivity index (χ1n) is 35.2. The van der Waals surface area contributed by atoms with E-state index in [1.54, 1.807) is 6.08 Å². The quantitative estimate of drug-likeness (QED) is 0.0204. The van der Waals surface area contributed by atoms with Gasteiger partial charge in [-0.2, -0.15) is 0 Å². The van der Waals surface area contributed by atoms with Crippen LogP contribution in [0.5, 0.6) is 0 Å². The van der Waals surface area contributed by atoms with Crippen LogP contribution in [-0.4, -0.2) is 140 Å². The molecule has 2 aliphatic rings. The monoisotopic (exact) mass is 1220 g/mol. The van der Waals surface area contributed by atoms with E-state index in [0.29, 0.717) is 12.8 Å². The summed E-state index contributed by atoms with van der Waals surface area (Å²) < 4.78 is 22.8. The van der Waals surface area contributed by atoms with Gasteiger partial charge in [-0.3, -0.25) is 4.79 Å². The van der Waals surface area contributed by atoms with Crippen molar-refractivity contribution < 1.29 is 64.6 Å². The van der Waals surface area contributed by atoms with Crippen molar-refractivity contribution in [2.24, 2.45) is 0 Å². The SMILES string of the molecule is CCCCC/C=C/CC/C=C/CC/C=C/C(O)C(COC1OC(CO)C(OC2OC(CO)C(O)C(O)C2O)C(O)C1O)NC(=O)CCCCCCCCCCCCCCCCCCCCCCCCCC/C=C\C/C=C\C/C=C\CCCCCCC. The van der Waals surface area contributed by atoms with Gasteiger partial charge in [-0.25, -0.2) is 0 Å². The second-order valence-electron chi connectivity index (χ2n) is 24.6. The van der Waals surface area contributed by atoms with E-state index in [4.69, 9.17) is 18.9 Å². The number of hydrogen-bond acceptors (Lipinski definition) is 13. The van der Waals surface area contributed by atoms with Crippen molar-refractivity contribution in [1.29, 1.82) is 0 Å². The molecule has 0 aliphatic carbocycles. The lowest BCUT2D eigenvalue weighted by Crippen LogP contribution is -2.65. The third kappa shape index (κ3) is 40.2. The number of nitrogens with one attached hydrogen (secondary N) is 1. The molecule has 0 aromatic heterocycles. The molecule has 12 atom stereocenters. The number of aliphatic hydroxyl groups excluding tert-OH is 8. The summed E-state index contributed by atoms with van der Waals surface area (Å²) in [6, 6.07) is -0.938. The molecule has 500 valence electrons. The summed E-state index contributed by atoms with van der Waals surface area (Å²) in [4.78, 5) is 13.3. The lowest BCUT2D eigenvalue weighted by molar-refractivity contribution is -0.359. The summed E-state index contributed by atoms with van der Waals surface area (Å²) in [5.74, 6) is -0.252. The van der Waals surface area contributed by atoms with Gasteiger partial charge in [0.2, 0.25) is 5.91 Å². The van der Waals surface area contributed by atoms with Crippen molar-refractivity contribution in [2.75, 3.05) is 19.8 Å². The fraction of sp³-hybridized carbons (Fsp3) is 0.819. The largest absolute Gasteiger partial charge is 0.394 e. The van der Waals surface area contributed by atoms with Gasteiger partial charge < -0.3 is 65.1 Å².